The Kier molecular flexibility index (Phi) is 3.67. The van der Waals surface area contributed by atoms with Crippen molar-refractivity contribution in [1.29, 1.82) is 0 Å². The van der Waals surface area contributed by atoms with Gasteiger partial charge < -0.3 is 10.6 Å². The summed E-state index contributed by atoms with van der Waals surface area (Å²) in [5.41, 5.74) is 1.05. The molecule has 2 N–H and O–H groups in total. The second kappa shape index (κ2) is 5.21. The van der Waals surface area contributed by atoms with Crippen LogP contribution in [0.2, 0.25) is 5.02 Å². The van der Waals surface area contributed by atoms with Crippen LogP contribution in [0.4, 0.5) is 4.79 Å². The van der Waals surface area contributed by atoms with Crippen LogP contribution in [-0.4, -0.2) is 12.1 Å². The molecule has 1 aliphatic carbocycles. The van der Waals surface area contributed by atoms with E-state index < -0.39 is 0 Å². The first-order valence-electron chi connectivity index (χ1n) is 5.53. The molecule has 1 aromatic rings. The molecule has 0 aliphatic heterocycles. The highest BCUT2D eigenvalue weighted by Crippen LogP contribution is 2.17. The van der Waals surface area contributed by atoms with Crippen LogP contribution < -0.4 is 10.6 Å². The van der Waals surface area contributed by atoms with E-state index in [-0.39, 0.29) is 6.03 Å². The summed E-state index contributed by atoms with van der Waals surface area (Å²) in [5, 5.41) is 6.46. The van der Waals surface area contributed by atoms with Crippen LogP contribution in [0.3, 0.4) is 0 Å². The van der Waals surface area contributed by atoms with Gasteiger partial charge in [0.05, 0.1) is 0 Å². The molecule has 1 saturated carbocycles. The van der Waals surface area contributed by atoms with Gasteiger partial charge in [-0.05, 0) is 37.0 Å². The van der Waals surface area contributed by atoms with Gasteiger partial charge in [0, 0.05) is 17.6 Å². The maximum Gasteiger partial charge on any atom is 0.315 e. The SMILES string of the molecule is O=C(NCc1ccc(Cl)cc1)NC1CCC1. The zero-order chi connectivity index (χ0) is 11.4. The summed E-state index contributed by atoms with van der Waals surface area (Å²) >= 11 is 5.77. The largest absolute Gasteiger partial charge is 0.335 e. The summed E-state index contributed by atoms with van der Waals surface area (Å²) in [5.74, 6) is 0. The summed E-state index contributed by atoms with van der Waals surface area (Å²) < 4.78 is 0. The standard InChI is InChI=1S/C12H15ClN2O/c13-10-6-4-9(5-7-10)8-14-12(16)15-11-2-1-3-11/h4-7,11H,1-3,8H2,(H2,14,15,16). The van der Waals surface area contributed by atoms with Crippen LogP contribution >= 0.6 is 11.6 Å². The van der Waals surface area contributed by atoms with E-state index in [0.717, 1.165) is 18.4 Å². The third-order valence-corrected chi connectivity index (χ3v) is 3.06. The molecule has 0 atom stereocenters. The summed E-state index contributed by atoms with van der Waals surface area (Å²) in [4.78, 5) is 11.4. The predicted octanol–water partition coefficient (Wildman–Crippen LogP) is 2.69. The number of carbonyl (C=O) groups is 1. The molecule has 0 heterocycles. The van der Waals surface area contributed by atoms with Crippen molar-refractivity contribution >= 4 is 17.6 Å². The van der Waals surface area contributed by atoms with Gasteiger partial charge in [-0.25, -0.2) is 4.79 Å². The maximum absolute atomic E-state index is 11.4. The summed E-state index contributed by atoms with van der Waals surface area (Å²) in [7, 11) is 0. The van der Waals surface area contributed by atoms with Crippen molar-refractivity contribution in [2.24, 2.45) is 0 Å². The van der Waals surface area contributed by atoms with Crippen molar-refractivity contribution in [1.82, 2.24) is 10.6 Å². The lowest BCUT2D eigenvalue weighted by Gasteiger charge is -2.26. The van der Waals surface area contributed by atoms with E-state index in [0.29, 0.717) is 17.6 Å². The molecule has 0 spiro atoms. The quantitative estimate of drug-likeness (QED) is 0.835. The molecule has 2 rings (SSSR count). The first-order chi connectivity index (χ1) is 7.74. The number of carbonyl (C=O) groups excluding carboxylic acids is 1. The molecule has 0 saturated heterocycles. The van der Waals surface area contributed by atoms with Crippen LogP contribution in [0, 0.1) is 0 Å². The molecule has 2 amide bonds. The van der Waals surface area contributed by atoms with Crippen LogP contribution in [0.1, 0.15) is 24.8 Å². The van der Waals surface area contributed by atoms with Gasteiger partial charge in [0.15, 0.2) is 0 Å². The fourth-order valence-corrected chi connectivity index (χ4v) is 1.70. The van der Waals surface area contributed by atoms with Crippen LogP contribution in [0.5, 0.6) is 0 Å². The number of hydrogen-bond acceptors (Lipinski definition) is 1. The van der Waals surface area contributed by atoms with Crippen molar-refractivity contribution in [2.75, 3.05) is 0 Å². The average molecular weight is 239 g/mol. The van der Waals surface area contributed by atoms with Gasteiger partial charge >= 0.3 is 6.03 Å². The summed E-state index contributed by atoms with van der Waals surface area (Å²) in [6.07, 6.45) is 3.44. The Morgan fingerprint density at radius 1 is 1.31 bits per heavy atom. The van der Waals surface area contributed by atoms with Crippen molar-refractivity contribution < 1.29 is 4.79 Å². The summed E-state index contributed by atoms with van der Waals surface area (Å²) in [6.45, 7) is 0.537. The van der Waals surface area contributed by atoms with E-state index in [4.69, 9.17) is 11.6 Å². The number of benzene rings is 1. The topological polar surface area (TPSA) is 41.1 Å². The highest BCUT2D eigenvalue weighted by Gasteiger charge is 2.18. The molecule has 1 aromatic carbocycles. The Labute approximate surface area is 100 Å². The minimum Gasteiger partial charge on any atom is -0.335 e. The van der Waals surface area contributed by atoms with E-state index in [1.807, 2.05) is 24.3 Å². The van der Waals surface area contributed by atoms with E-state index in [1.54, 1.807) is 0 Å². The molecule has 4 heteroatoms. The van der Waals surface area contributed by atoms with E-state index in [9.17, 15) is 4.79 Å². The molecular formula is C12H15ClN2O. The fourth-order valence-electron chi connectivity index (χ4n) is 1.57. The van der Waals surface area contributed by atoms with Gasteiger partial charge in [0.25, 0.3) is 0 Å². The predicted molar refractivity (Wildman–Crippen MR) is 64.5 cm³/mol. The Hall–Kier alpha value is -1.22. The van der Waals surface area contributed by atoms with E-state index in [1.165, 1.54) is 6.42 Å². The van der Waals surface area contributed by atoms with E-state index in [2.05, 4.69) is 10.6 Å². The molecule has 1 fully saturated rings. The number of hydrogen-bond donors (Lipinski definition) is 2. The molecule has 3 nitrogen and oxygen atoms in total. The van der Waals surface area contributed by atoms with E-state index >= 15 is 0 Å². The minimum atomic E-state index is -0.0837. The highest BCUT2D eigenvalue weighted by atomic mass is 35.5. The zero-order valence-corrected chi connectivity index (χ0v) is 9.76. The summed E-state index contributed by atoms with van der Waals surface area (Å²) in [6, 6.07) is 7.76. The second-order valence-electron chi connectivity index (χ2n) is 4.08. The number of amides is 2. The molecular weight excluding hydrogens is 224 g/mol. The smallest absolute Gasteiger partial charge is 0.315 e. The number of halogens is 1. The molecule has 1 aliphatic rings. The lowest BCUT2D eigenvalue weighted by Crippen LogP contribution is -2.44. The van der Waals surface area contributed by atoms with Crippen LogP contribution in [-0.2, 0) is 6.54 Å². The van der Waals surface area contributed by atoms with Gasteiger partial charge in [-0.1, -0.05) is 23.7 Å². The molecule has 16 heavy (non-hydrogen) atoms. The average Bonchev–Trinajstić information content (AvgIpc) is 2.23. The van der Waals surface area contributed by atoms with Crippen LogP contribution in [0.25, 0.3) is 0 Å². The minimum absolute atomic E-state index is 0.0837. The lowest BCUT2D eigenvalue weighted by atomic mass is 9.93. The molecule has 0 aromatic heterocycles. The Balaban J connectivity index is 1.73. The van der Waals surface area contributed by atoms with Gasteiger partial charge in [0.1, 0.15) is 0 Å². The van der Waals surface area contributed by atoms with Gasteiger partial charge in [-0.3, -0.25) is 0 Å². The molecule has 0 bridgehead atoms. The third kappa shape index (κ3) is 3.14. The first-order valence-corrected chi connectivity index (χ1v) is 5.90. The fraction of sp³-hybridized carbons (Fsp3) is 0.417. The van der Waals surface area contributed by atoms with Gasteiger partial charge in [-0.15, -0.1) is 0 Å². The molecule has 0 unspecified atom stereocenters. The Morgan fingerprint density at radius 3 is 2.56 bits per heavy atom. The lowest BCUT2D eigenvalue weighted by molar-refractivity contribution is 0.228. The normalized spacial score (nSPS) is 15.3. The maximum atomic E-state index is 11.4. The molecule has 86 valence electrons. The highest BCUT2D eigenvalue weighted by molar-refractivity contribution is 6.30. The van der Waals surface area contributed by atoms with Gasteiger partial charge in [-0.2, -0.15) is 0 Å². The first kappa shape index (κ1) is 11.3. The van der Waals surface area contributed by atoms with Crippen molar-refractivity contribution in [3.05, 3.63) is 34.9 Å². The number of nitrogens with one attached hydrogen (secondary N) is 2. The number of urea groups is 1. The monoisotopic (exact) mass is 238 g/mol. The van der Waals surface area contributed by atoms with Crippen molar-refractivity contribution in [3.8, 4) is 0 Å². The molecule has 0 radical (unpaired) electrons. The third-order valence-electron chi connectivity index (χ3n) is 2.81. The Morgan fingerprint density at radius 2 is 2.00 bits per heavy atom. The van der Waals surface area contributed by atoms with Gasteiger partial charge in [0.2, 0.25) is 0 Å². The Bertz CT molecular complexity index is 360. The zero-order valence-electron chi connectivity index (χ0n) is 9.00. The second-order valence-corrected chi connectivity index (χ2v) is 4.52. The number of rotatable bonds is 3. The van der Waals surface area contributed by atoms with Crippen molar-refractivity contribution in [2.45, 2.75) is 31.8 Å². The van der Waals surface area contributed by atoms with Crippen molar-refractivity contribution in [3.63, 3.8) is 0 Å². The van der Waals surface area contributed by atoms with Crippen LogP contribution in [0.15, 0.2) is 24.3 Å².